The molecule has 24 heavy (non-hydrogen) atoms. The van der Waals surface area contributed by atoms with Gasteiger partial charge in [0.25, 0.3) is 0 Å². The Balaban J connectivity index is 2.59. The number of nitrogens with two attached hydrogens (primary N) is 1. The van der Waals surface area contributed by atoms with Crippen molar-refractivity contribution in [2.24, 2.45) is 10.7 Å². The standard InChI is InChI=1S/C13H18Cl3N3O4S/c1-8-5-10(6-9(2)11(8)20)3-4-18-12(17)19-24(21,22)23-7-13(14,15)16/h5-6,20H,3-4,7H2,1-2H3,(H3,17,18,19). The van der Waals surface area contributed by atoms with Crippen LogP contribution in [0.5, 0.6) is 5.75 Å². The second-order valence-electron chi connectivity index (χ2n) is 5.03. The minimum absolute atomic E-state index is 0.239. The molecule has 1 rings (SSSR count). The van der Waals surface area contributed by atoms with Gasteiger partial charge >= 0.3 is 10.3 Å². The van der Waals surface area contributed by atoms with Crippen LogP contribution in [0.1, 0.15) is 16.7 Å². The van der Waals surface area contributed by atoms with Crippen LogP contribution in [-0.2, 0) is 20.9 Å². The summed E-state index contributed by atoms with van der Waals surface area (Å²) < 4.78 is 27.6. The highest BCUT2D eigenvalue weighted by molar-refractivity contribution is 7.85. The summed E-state index contributed by atoms with van der Waals surface area (Å²) in [5.41, 5.74) is 7.93. The number of benzene rings is 1. The van der Waals surface area contributed by atoms with Crippen molar-refractivity contribution in [3.05, 3.63) is 28.8 Å². The number of hydrogen-bond acceptors (Lipinski definition) is 5. The number of guanidine groups is 1. The normalized spacial score (nSPS) is 13.1. The summed E-state index contributed by atoms with van der Waals surface area (Å²) in [6.45, 7) is 3.16. The van der Waals surface area contributed by atoms with Crippen molar-refractivity contribution in [3.63, 3.8) is 0 Å². The number of aromatic hydroxyl groups is 1. The number of nitrogens with one attached hydrogen (secondary N) is 1. The Morgan fingerprint density at radius 1 is 1.33 bits per heavy atom. The molecule has 0 aliphatic carbocycles. The second kappa shape index (κ2) is 8.44. The van der Waals surface area contributed by atoms with Gasteiger partial charge in [0.15, 0.2) is 0 Å². The predicted octanol–water partition coefficient (Wildman–Crippen LogP) is 2.09. The highest BCUT2D eigenvalue weighted by atomic mass is 35.6. The van der Waals surface area contributed by atoms with E-state index in [-0.39, 0.29) is 18.3 Å². The number of nitrogens with zero attached hydrogens (tertiary/aromatic N) is 1. The van der Waals surface area contributed by atoms with Crippen LogP contribution in [0.25, 0.3) is 0 Å². The predicted molar refractivity (Wildman–Crippen MR) is 96.1 cm³/mol. The van der Waals surface area contributed by atoms with Crippen LogP contribution in [-0.4, -0.2) is 36.4 Å². The first-order valence-corrected chi connectivity index (χ1v) is 9.27. The fourth-order valence-electron chi connectivity index (χ4n) is 1.83. The fourth-order valence-corrected chi connectivity index (χ4v) is 2.90. The maximum absolute atomic E-state index is 11.5. The molecule has 0 amide bonds. The Hall–Kier alpha value is -0.930. The first-order chi connectivity index (χ1) is 10.9. The van der Waals surface area contributed by atoms with E-state index >= 15 is 0 Å². The summed E-state index contributed by atoms with van der Waals surface area (Å²) >= 11 is 16.2. The molecule has 7 nitrogen and oxygen atoms in total. The van der Waals surface area contributed by atoms with Crippen molar-refractivity contribution in [1.82, 2.24) is 4.72 Å². The van der Waals surface area contributed by atoms with E-state index in [4.69, 9.17) is 40.5 Å². The summed E-state index contributed by atoms with van der Waals surface area (Å²) in [5.74, 6) is -0.0906. The molecule has 0 aromatic heterocycles. The third-order valence-corrected chi connectivity index (χ3v) is 4.06. The van der Waals surface area contributed by atoms with Gasteiger partial charge in [-0.25, -0.2) is 8.91 Å². The number of phenols is 1. The quantitative estimate of drug-likeness (QED) is 0.372. The number of hydrogen-bond donors (Lipinski definition) is 3. The van der Waals surface area contributed by atoms with Gasteiger partial charge in [0.1, 0.15) is 12.4 Å². The van der Waals surface area contributed by atoms with Crippen molar-refractivity contribution in [3.8, 4) is 5.75 Å². The third kappa shape index (κ3) is 7.76. The molecule has 0 saturated heterocycles. The van der Waals surface area contributed by atoms with E-state index in [0.29, 0.717) is 6.42 Å². The molecular weight excluding hydrogens is 401 g/mol. The largest absolute Gasteiger partial charge is 0.507 e. The fraction of sp³-hybridized carbons (Fsp3) is 0.462. The van der Waals surface area contributed by atoms with Crippen molar-refractivity contribution < 1.29 is 17.7 Å². The number of phenolic OH excluding ortho intramolecular Hbond substituents is 1. The highest BCUT2D eigenvalue weighted by Gasteiger charge is 2.24. The molecule has 11 heteroatoms. The topological polar surface area (TPSA) is 114 Å². The molecule has 0 saturated carbocycles. The van der Waals surface area contributed by atoms with Gasteiger partial charge in [-0.05, 0) is 37.0 Å². The molecule has 0 bridgehead atoms. The molecule has 0 aliphatic heterocycles. The second-order valence-corrected chi connectivity index (χ2v) is 8.89. The van der Waals surface area contributed by atoms with Crippen molar-refractivity contribution in [2.75, 3.05) is 13.2 Å². The Bertz CT molecular complexity index is 695. The Labute approximate surface area is 156 Å². The van der Waals surface area contributed by atoms with Crippen LogP contribution >= 0.6 is 34.8 Å². The lowest BCUT2D eigenvalue weighted by molar-refractivity contribution is 0.322. The van der Waals surface area contributed by atoms with E-state index in [0.717, 1.165) is 16.7 Å². The number of halogens is 3. The van der Waals surface area contributed by atoms with Crippen LogP contribution in [0, 0.1) is 13.8 Å². The zero-order valence-corrected chi connectivity index (χ0v) is 16.1. The lowest BCUT2D eigenvalue weighted by Gasteiger charge is -2.12. The van der Waals surface area contributed by atoms with E-state index in [1.807, 2.05) is 16.9 Å². The first-order valence-electron chi connectivity index (χ1n) is 6.72. The SMILES string of the molecule is Cc1cc(CCN=C(N)NS(=O)(=O)OCC(Cl)(Cl)Cl)cc(C)c1O. The van der Waals surface area contributed by atoms with Crippen molar-refractivity contribution in [2.45, 2.75) is 24.1 Å². The molecular formula is C13H18Cl3N3O4S. The van der Waals surface area contributed by atoms with Gasteiger partial charge in [0, 0.05) is 6.54 Å². The molecule has 0 fully saturated rings. The maximum Gasteiger partial charge on any atom is 0.362 e. The van der Waals surface area contributed by atoms with Crippen LogP contribution in [0.2, 0.25) is 0 Å². The monoisotopic (exact) mass is 417 g/mol. The van der Waals surface area contributed by atoms with Crippen LogP contribution in [0.4, 0.5) is 0 Å². The smallest absolute Gasteiger partial charge is 0.362 e. The van der Waals surface area contributed by atoms with Gasteiger partial charge in [-0.1, -0.05) is 46.9 Å². The van der Waals surface area contributed by atoms with Crippen LogP contribution in [0.3, 0.4) is 0 Å². The molecule has 0 atom stereocenters. The van der Waals surface area contributed by atoms with Gasteiger partial charge < -0.3 is 10.8 Å². The summed E-state index contributed by atoms with van der Waals surface area (Å²) in [5, 5.41) is 9.71. The number of aliphatic imine (C=N–C) groups is 1. The molecule has 0 aliphatic rings. The summed E-state index contributed by atoms with van der Waals surface area (Å²) in [7, 11) is -4.22. The summed E-state index contributed by atoms with van der Waals surface area (Å²) in [4.78, 5) is 3.89. The van der Waals surface area contributed by atoms with E-state index in [1.54, 1.807) is 13.8 Å². The molecule has 1 aromatic carbocycles. The average Bonchev–Trinajstić information content (AvgIpc) is 2.41. The van der Waals surface area contributed by atoms with E-state index in [2.05, 4.69) is 9.18 Å². The Morgan fingerprint density at radius 3 is 2.38 bits per heavy atom. The zero-order valence-electron chi connectivity index (χ0n) is 13.0. The highest BCUT2D eigenvalue weighted by Crippen LogP contribution is 2.26. The number of alkyl halides is 3. The molecule has 0 spiro atoms. The summed E-state index contributed by atoms with van der Waals surface area (Å²) in [6.07, 6.45) is 0.513. The molecule has 0 unspecified atom stereocenters. The van der Waals surface area contributed by atoms with Gasteiger partial charge in [0.2, 0.25) is 9.75 Å². The van der Waals surface area contributed by atoms with E-state index < -0.39 is 20.7 Å². The van der Waals surface area contributed by atoms with Gasteiger partial charge in [-0.3, -0.25) is 4.99 Å². The Kier molecular flexibility index (Phi) is 7.43. The van der Waals surface area contributed by atoms with Gasteiger partial charge in [0.05, 0.1) is 0 Å². The maximum atomic E-state index is 11.5. The molecule has 136 valence electrons. The Morgan fingerprint density at radius 2 is 1.88 bits per heavy atom. The van der Waals surface area contributed by atoms with Crippen molar-refractivity contribution >= 4 is 51.1 Å². The van der Waals surface area contributed by atoms with Crippen molar-refractivity contribution in [1.29, 1.82) is 0 Å². The van der Waals surface area contributed by atoms with E-state index in [9.17, 15) is 13.5 Å². The molecule has 1 aromatic rings. The zero-order chi connectivity index (χ0) is 18.5. The van der Waals surface area contributed by atoms with Gasteiger partial charge in [-0.2, -0.15) is 8.42 Å². The minimum atomic E-state index is -4.22. The van der Waals surface area contributed by atoms with E-state index in [1.165, 1.54) is 0 Å². The summed E-state index contributed by atoms with van der Waals surface area (Å²) in [6, 6.07) is 3.64. The lowest BCUT2D eigenvalue weighted by atomic mass is 10.0. The van der Waals surface area contributed by atoms with Crippen LogP contribution < -0.4 is 10.5 Å². The molecule has 0 radical (unpaired) electrons. The van der Waals surface area contributed by atoms with Crippen LogP contribution in [0.15, 0.2) is 17.1 Å². The minimum Gasteiger partial charge on any atom is -0.507 e. The van der Waals surface area contributed by atoms with Gasteiger partial charge in [-0.15, -0.1) is 0 Å². The number of rotatable bonds is 6. The number of aryl methyl sites for hydroxylation is 2. The lowest BCUT2D eigenvalue weighted by Crippen LogP contribution is -2.39. The average molecular weight is 419 g/mol. The molecule has 0 heterocycles. The first kappa shape index (κ1) is 21.1. The molecule has 4 N–H and O–H groups in total. The third-order valence-electron chi connectivity index (χ3n) is 2.84.